The molecule has 1 aliphatic rings. The molecule has 1 aliphatic carbocycles. The number of benzene rings is 1. The topological polar surface area (TPSA) is 46.3 Å². The van der Waals surface area contributed by atoms with Gasteiger partial charge in [0.15, 0.2) is 0 Å². The molecule has 0 bridgehead atoms. The van der Waals surface area contributed by atoms with E-state index in [2.05, 4.69) is 41.5 Å². The van der Waals surface area contributed by atoms with E-state index in [0.29, 0.717) is 6.54 Å². The number of nitrogens with zero attached hydrogens (tertiary/aromatic N) is 1. The number of anilines is 1. The lowest BCUT2D eigenvalue weighted by molar-refractivity contribution is -0.136. The second-order valence-corrected chi connectivity index (χ2v) is 7.68. The van der Waals surface area contributed by atoms with Crippen LogP contribution in [0.4, 0.5) is 5.69 Å². The Kier molecular flexibility index (Phi) is 3.81. The van der Waals surface area contributed by atoms with E-state index in [1.807, 2.05) is 29.2 Å². The minimum absolute atomic E-state index is 0.0763. The average molecular weight is 288 g/mol. The number of rotatable bonds is 4. The number of nitrogens with two attached hydrogens (primary N) is 1. The Labute approximate surface area is 128 Å². The molecule has 116 valence electrons. The second kappa shape index (κ2) is 5.04. The molecule has 0 heterocycles. The summed E-state index contributed by atoms with van der Waals surface area (Å²) in [6.45, 7) is 13.5. The van der Waals surface area contributed by atoms with Gasteiger partial charge in [-0.1, -0.05) is 39.8 Å². The summed E-state index contributed by atoms with van der Waals surface area (Å²) < 4.78 is 0. The molecular formula is C18H28N2O. The highest BCUT2D eigenvalue weighted by Crippen LogP contribution is 2.68. The van der Waals surface area contributed by atoms with E-state index >= 15 is 0 Å². The normalized spacial score (nSPS) is 19.6. The van der Waals surface area contributed by atoms with Crippen LogP contribution in [0.25, 0.3) is 0 Å². The Hall–Kier alpha value is -1.51. The monoisotopic (exact) mass is 288 g/mol. The molecule has 2 N–H and O–H groups in total. The summed E-state index contributed by atoms with van der Waals surface area (Å²) in [4.78, 5) is 14.9. The molecule has 1 saturated carbocycles. The van der Waals surface area contributed by atoms with Crippen molar-refractivity contribution in [1.82, 2.24) is 4.90 Å². The average Bonchev–Trinajstić information content (AvgIpc) is 2.76. The quantitative estimate of drug-likeness (QED) is 0.859. The number of carbonyl (C=O) groups is 1. The number of hydrogen-bond donors (Lipinski definition) is 1. The fraction of sp³-hybridized carbons (Fsp3) is 0.611. The molecule has 0 saturated heterocycles. The van der Waals surface area contributed by atoms with Crippen LogP contribution in [0.1, 0.15) is 47.1 Å². The Morgan fingerprint density at radius 3 is 2.24 bits per heavy atom. The number of carbonyl (C=O) groups excluding carboxylic acids is 1. The predicted molar refractivity (Wildman–Crippen MR) is 87.6 cm³/mol. The van der Waals surface area contributed by atoms with Crippen molar-refractivity contribution in [3.63, 3.8) is 0 Å². The van der Waals surface area contributed by atoms with Crippen molar-refractivity contribution < 1.29 is 4.79 Å². The lowest BCUT2D eigenvalue weighted by Gasteiger charge is -2.28. The van der Waals surface area contributed by atoms with Crippen LogP contribution in [0.5, 0.6) is 0 Å². The van der Waals surface area contributed by atoms with Gasteiger partial charge in [-0.15, -0.1) is 0 Å². The molecule has 21 heavy (non-hydrogen) atoms. The lowest BCUT2D eigenvalue weighted by atomic mass is 10.0. The summed E-state index contributed by atoms with van der Waals surface area (Å²) in [6, 6.07) is 7.98. The van der Waals surface area contributed by atoms with Crippen molar-refractivity contribution >= 4 is 11.6 Å². The summed E-state index contributed by atoms with van der Waals surface area (Å²) in [5.41, 5.74) is 7.83. The zero-order valence-electron chi connectivity index (χ0n) is 14.1. The van der Waals surface area contributed by atoms with E-state index in [4.69, 9.17) is 5.73 Å². The smallest absolute Gasteiger partial charge is 0.227 e. The molecule has 3 nitrogen and oxygen atoms in total. The van der Waals surface area contributed by atoms with Gasteiger partial charge < -0.3 is 10.6 Å². The van der Waals surface area contributed by atoms with Crippen LogP contribution < -0.4 is 5.73 Å². The minimum atomic E-state index is 0.0763. The molecule has 1 amide bonds. The fourth-order valence-electron chi connectivity index (χ4n) is 3.38. The van der Waals surface area contributed by atoms with Gasteiger partial charge in [0.25, 0.3) is 0 Å². The molecule has 1 fully saturated rings. The van der Waals surface area contributed by atoms with Gasteiger partial charge >= 0.3 is 0 Å². The van der Waals surface area contributed by atoms with E-state index in [9.17, 15) is 4.79 Å². The van der Waals surface area contributed by atoms with Gasteiger partial charge in [-0.05, 0) is 42.4 Å². The zero-order chi connectivity index (χ0) is 16.0. The molecule has 3 heteroatoms. The molecule has 0 radical (unpaired) electrons. The van der Waals surface area contributed by atoms with E-state index in [1.165, 1.54) is 0 Å². The van der Waals surface area contributed by atoms with Gasteiger partial charge in [0.05, 0.1) is 0 Å². The maximum atomic E-state index is 13.0. The van der Waals surface area contributed by atoms with Crippen LogP contribution in [-0.2, 0) is 11.3 Å². The van der Waals surface area contributed by atoms with Crippen LogP contribution in [-0.4, -0.2) is 16.8 Å². The third-order valence-corrected chi connectivity index (χ3v) is 5.48. The van der Waals surface area contributed by atoms with Gasteiger partial charge in [0.1, 0.15) is 0 Å². The van der Waals surface area contributed by atoms with Crippen molar-refractivity contribution in [3.05, 3.63) is 29.8 Å². The first kappa shape index (κ1) is 15.9. The van der Waals surface area contributed by atoms with Crippen molar-refractivity contribution in [1.29, 1.82) is 0 Å². The summed E-state index contributed by atoms with van der Waals surface area (Å²) in [7, 11) is 0. The highest BCUT2D eigenvalue weighted by Gasteiger charge is 2.68. The second-order valence-electron chi connectivity index (χ2n) is 7.68. The Balaban J connectivity index is 2.19. The summed E-state index contributed by atoms with van der Waals surface area (Å²) in [5, 5.41) is 0. The lowest BCUT2D eigenvalue weighted by Crippen LogP contribution is -2.38. The highest BCUT2D eigenvalue weighted by atomic mass is 16.2. The fourth-order valence-corrected chi connectivity index (χ4v) is 3.38. The third kappa shape index (κ3) is 2.66. The van der Waals surface area contributed by atoms with Crippen LogP contribution in [0.2, 0.25) is 0 Å². The molecule has 2 rings (SSSR count). The van der Waals surface area contributed by atoms with E-state index in [1.54, 1.807) is 0 Å². The van der Waals surface area contributed by atoms with Crippen LogP contribution in [0.15, 0.2) is 24.3 Å². The number of nitrogen functional groups attached to an aromatic ring is 1. The van der Waals surface area contributed by atoms with Crippen LogP contribution >= 0.6 is 0 Å². The molecule has 1 aromatic rings. The van der Waals surface area contributed by atoms with Gasteiger partial charge in [-0.3, -0.25) is 4.79 Å². The Bertz CT molecular complexity index is 532. The molecule has 0 aliphatic heterocycles. The highest BCUT2D eigenvalue weighted by molar-refractivity contribution is 5.84. The molecular weight excluding hydrogens is 260 g/mol. The van der Waals surface area contributed by atoms with E-state index < -0.39 is 0 Å². The molecule has 0 unspecified atom stereocenters. The first-order chi connectivity index (χ1) is 9.59. The van der Waals surface area contributed by atoms with Gasteiger partial charge in [0, 0.05) is 24.2 Å². The maximum absolute atomic E-state index is 13.0. The molecule has 0 atom stereocenters. The Morgan fingerprint density at radius 2 is 1.81 bits per heavy atom. The maximum Gasteiger partial charge on any atom is 0.227 e. The Morgan fingerprint density at radius 1 is 1.24 bits per heavy atom. The molecule has 0 spiro atoms. The van der Waals surface area contributed by atoms with Gasteiger partial charge in [-0.2, -0.15) is 0 Å². The predicted octanol–water partition coefficient (Wildman–Crippen LogP) is 3.69. The first-order valence-corrected chi connectivity index (χ1v) is 7.74. The van der Waals surface area contributed by atoms with Crippen LogP contribution in [0.3, 0.4) is 0 Å². The van der Waals surface area contributed by atoms with Gasteiger partial charge in [0.2, 0.25) is 5.91 Å². The molecule has 1 aromatic carbocycles. The summed E-state index contributed by atoms with van der Waals surface area (Å²) in [5.74, 6) is 0.371. The van der Waals surface area contributed by atoms with E-state index in [0.717, 1.165) is 11.3 Å². The molecule has 0 aromatic heterocycles. The number of amides is 1. The van der Waals surface area contributed by atoms with Crippen molar-refractivity contribution in [2.45, 2.75) is 54.1 Å². The standard InChI is InChI=1S/C18H28N2O/c1-12(2)20(11-13-8-7-9-14(19)10-13)16(21)15-17(3,4)18(15,5)6/h7-10,12,15H,11,19H2,1-6H3. The summed E-state index contributed by atoms with van der Waals surface area (Å²) >= 11 is 0. The van der Waals surface area contributed by atoms with Crippen molar-refractivity contribution in [3.8, 4) is 0 Å². The first-order valence-electron chi connectivity index (χ1n) is 7.74. The van der Waals surface area contributed by atoms with E-state index in [-0.39, 0.29) is 28.7 Å². The van der Waals surface area contributed by atoms with Crippen molar-refractivity contribution in [2.75, 3.05) is 5.73 Å². The summed E-state index contributed by atoms with van der Waals surface area (Å²) in [6.07, 6.45) is 0. The SMILES string of the molecule is CC(C)N(Cc1cccc(N)c1)C(=O)C1C(C)(C)C1(C)C. The zero-order valence-corrected chi connectivity index (χ0v) is 14.1. The largest absolute Gasteiger partial charge is 0.399 e. The van der Waals surface area contributed by atoms with Crippen LogP contribution in [0, 0.1) is 16.7 Å². The van der Waals surface area contributed by atoms with Crippen molar-refractivity contribution in [2.24, 2.45) is 16.7 Å². The van der Waals surface area contributed by atoms with Gasteiger partial charge in [-0.25, -0.2) is 0 Å². The number of hydrogen-bond acceptors (Lipinski definition) is 2. The minimum Gasteiger partial charge on any atom is -0.399 e. The third-order valence-electron chi connectivity index (χ3n) is 5.48.